The predicted octanol–water partition coefficient (Wildman–Crippen LogP) is 3.44. The molecule has 2 N–H and O–H groups in total. The molecule has 0 heterocycles. The van der Waals surface area contributed by atoms with Crippen molar-refractivity contribution in [3.8, 4) is 0 Å². The van der Waals surface area contributed by atoms with Gasteiger partial charge in [-0.1, -0.05) is 54.1 Å². The van der Waals surface area contributed by atoms with Gasteiger partial charge in [-0.05, 0) is 35.9 Å². The lowest BCUT2D eigenvalue weighted by atomic mass is 10.1. The maximum Gasteiger partial charge on any atom is 0.306 e. The fourth-order valence-electron chi connectivity index (χ4n) is 3.29. The molecule has 31 heavy (non-hydrogen) atoms. The summed E-state index contributed by atoms with van der Waals surface area (Å²) in [6.07, 6.45) is 0. The van der Waals surface area contributed by atoms with Gasteiger partial charge in [0.25, 0.3) is 0 Å². The summed E-state index contributed by atoms with van der Waals surface area (Å²) in [6.45, 7) is 1.13. The summed E-state index contributed by atoms with van der Waals surface area (Å²) in [5, 5.41) is 21.1. The van der Waals surface area contributed by atoms with Gasteiger partial charge in [-0.3, -0.25) is 4.79 Å². The van der Waals surface area contributed by atoms with E-state index in [1.807, 2.05) is 37.3 Å². The molecule has 3 rings (SSSR count). The predicted molar refractivity (Wildman–Crippen MR) is 124 cm³/mol. The number of ketones is 1. The van der Waals surface area contributed by atoms with Crippen molar-refractivity contribution in [1.82, 2.24) is 0 Å². The maximum atomic E-state index is 13.1. The Morgan fingerprint density at radius 1 is 0.871 bits per heavy atom. The second-order valence-corrected chi connectivity index (χ2v) is 12.2. The highest BCUT2D eigenvalue weighted by Gasteiger charge is 2.34. The summed E-state index contributed by atoms with van der Waals surface area (Å²) in [5.41, 5.74) is 1.33. The van der Waals surface area contributed by atoms with Crippen molar-refractivity contribution in [2.45, 2.75) is 11.8 Å². The molecule has 8 heteroatoms. The van der Waals surface area contributed by atoms with Crippen LogP contribution in [-0.2, 0) is 13.7 Å². The number of aryl methyl sites for hydroxylation is 1. The lowest BCUT2D eigenvalue weighted by Crippen LogP contribution is -2.27. The number of rotatable bonds is 10. The second kappa shape index (κ2) is 9.93. The van der Waals surface area contributed by atoms with E-state index in [0.29, 0.717) is 5.56 Å². The van der Waals surface area contributed by atoms with Crippen LogP contribution in [-0.4, -0.2) is 54.9 Å². The third-order valence-corrected chi connectivity index (χ3v) is 10.3. The van der Waals surface area contributed by atoms with Crippen LogP contribution in [0.1, 0.15) is 15.9 Å². The van der Waals surface area contributed by atoms with Crippen LogP contribution in [0.3, 0.4) is 0 Å². The van der Waals surface area contributed by atoms with Gasteiger partial charge in [-0.2, -0.15) is 8.42 Å². The molecule has 166 valence electrons. The van der Waals surface area contributed by atoms with Crippen molar-refractivity contribution < 1.29 is 27.1 Å². The monoisotopic (exact) mass is 462 g/mol. The maximum absolute atomic E-state index is 13.1. The van der Waals surface area contributed by atoms with Gasteiger partial charge >= 0.3 is 10.1 Å². The van der Waals surface area contributed by atoms with Crippen molar-refractivity contribution in [1.29, 1.82) is 0 Å². The van der Waals surface area contributed by atoms with Crippen molar-refractivity contribution in [3.63, 3.8) is 0 Å². The Kier molecular flexibility index (Phi) is 7.51. The van der Waals surface area contributed by atoms with Crippen LogP contribution < -0.4 is 0 Å². The molecule has 0 saturated heterocycles. The molecule has 3 aromatic rings. The molecule has 0 amide bonds. The van der Waals surface area contributed by atoms with Crippen LogP contribution in [0.4, 0.5) is 0 Å². The van der Waals surface area contributed by atoms with Crippen LogP contribution in [0.15, 0.2) is 71.6 Å². The fourth-order valence-corrected chi connectivity index (χ4v) is 8.13. The SMILES string of the molecule is Cc1ccc(S(=O)(=O)OS(CCO)(CCO)CC(=O)c2ccc3ccccc3c2)cc1. The van der Waals surface area contributed by atoms with E-state index in [-0.39, 0.29) is 41.2 Å². The molecule has 0 spiro atoms. The molecule has 3 aromatic carbocycles. The van der Waals surface area contributed by atoms with Crippen LogP contribution in [0.25, 0.3) is 10.8 Å². The zero-order valence-corrected chi connectivity index (χ0v) is 18.9. The van der Waals surface area contributed by atoms with E-state index >= 15 is 0 Å². The summed E-state index contributed by atoms with van der Waals surface area (Å²) in [6, 6.07) is 19.1. The van der Waals surface area contributed by atoms with E-state index in [2.05, 4.69) is 0 Å². The van der Waals surface area contributed by atoms with Gasteiger partial charge in [-0.25, -0.2) is 3.63 Å². The van der Waals surface area contributed by atoms with Gasteiger partial charge in [0.1, 0.15) is 0 Å². The Balaban J connectivity index is 1.92. The standard InChI is InChI=1S/C23H26O6S2/c1-18-6-10-22(11-7-18)31(27,28)29-30(14-12-24,15-13-25)17-23(26)21-9-8-19-4-2-3-5-20(19)16-21/h2-11,16,24-25H,12-15,17H2,1H3. The van der Waals surface area contributed by atoms with E-state index < -0.39 is 20.4 Å². The van der Waals surface area contributed by atoms with Crippen molar-refractivity contribution in [2.75, 3.05) is 30.5 Å². The average molecular weight is 463 g/mol. The summed E-state index contributed by atoms with van der Waals surface area (Å²) in [7, 11) is -6.83. The number of aliphatic hydroxyl groups excluding tert-OH is 2. The van der Waals surface area contributed by atoms with Crippen LogP contribution in [0.2, 0.25) is 0 Å². The first-order valence-electron chi connectivity index (χ1n) is 9.81. The molecule has 0 bridgehead atoms. The molecule has 0 radical (unpaired) electrons. The highest BCUT2D eigenvalue weighted by molar-refractivity contribution is 8.33. The van der Waals surface area contributed by atoms with E-state index in [1.54, 1.807) is 24.3 Å². The number of fused-ring (bicyclic) bond motifs is 1. The van der Waals surface area contributed by atoms with Gasteiger partial charge in [0, 0.05) is 17.1 Å². The zero-order chi connectivity index (χ0) is 22.5. The van der Waals surface area contributed by atoms with Crippen molar-refractivity contribution in [3.05, 3.63) is 77.9 Å². The van der Waals surface area contributed by atoms with Gasteiger partial charge < -0.3 is 10.2 Å². The minimum absolute atomic E-state index is 0.0241. The normalized spacial score (nSPS) is 12.7. The van der Waals surface area contributed by atoms with E-state index in [0.717, 1.165) is 16.3 Å². The number of hydrogen-bond acceptors (Lipinski definition) is 6. The van der Waals surface area contributed by atoms with Crippen LogP contribution in [0.5, 0.6) is 0 Å². The molecule has 6 nitrogen and oxygen atoms in total. The quantitative estimate of drug-likeness (QED) is 0.448. The van der Waals surface area contributed by atoms with Gasteiger partial charge in [0.2, 0.25) is 0 Å². The first-order valence-corrected chi connectivity index (χ1v) is 13.3. The lowest BCUT2D eigenvalue weighted by Gasteiger charge is -2.36. The molecule has 0 atom stereocenters. The largest absolute Gasteiger partial charge is 0.395 e. The lowest BCUT2D eigenvalue weighted by molar-refractivity contribution is 0.102. The van der Waals surface area contributed by atoms with Gasteiger partial charge in [-0.15, -0.1) is 10.3 Å². The second-order valence-electron chi connectivity index (χ2n) is 7.29. The smallest absolute Gasteiger partial charge is 0.306 e. The number of benzene rings is 3. The first-order chi connectivity index (χ1) is 14.8. The highest BCUT2D eigenvalue weighted by Crippen LogP contribution is 2.51. The molecule has 0 fully saturated rings. The number of Topliss-reactive ketones (excluding diaryl/α,β-unsaturated/α-hetero) is 1. The average Bonchev–Trinajstić information content (AvgIpc) is 2.73. The fraction of sp³-hybridized carbons (Fsp3) is 0.261. The topological polar surface area (TPSA) is 101 Å². The third kappa shape index (κ3) is 5.72. The molecular formula is C23H26O6S2. The molecule has 0 saturated carbocycles. The van der Waals surface area contributed by atoms with Crippen molar-refractivity contribution >= 4 is 37.0 Å². The molecule has 0 aliphatic heterocycles. The molecule has 0 unspecified atom stereocenters. The van der Waals surface area contributed by atoms with Gasteiger partial charge in [0.15, 0.2) is 5.78 Å². The summed E-state index contributed by atoms with van der Waals surface area (Å²) >= 11 is 0. The summed E-state index contributed by atoms with van der Waals surface area (Å²) in [5.74, 6) is -0.560. The number of hydrogen-bond donors (Lipinski definition) is 2. The van der Waals surface area contributed by atoms with Crippen LogP contribution in [0, 0.1) is 6.92 Å². The Bertz CT molecular complexity index is 1150. The van der Waals surface area contributed by atoms with E-state index in [4.69, 9.17) is 3.63 Å². The summed E-state index contributed by atoms with van der Waals surface area (Å²) in [4.78, 5) is 13.1. The molecule has 0 aliphatic rings. The number of aliphatic hydroxyl groups is 2. The van der Waals surface area contributed by atoms with Crippen LogP contribution >= 0.6 is 10.3 Å². The minimum atomic E-state index is -4.18. The van der Waals surface area contributed by atoms with Crippen molar-refractivity contribution in [2.24, 2.45) is 0 Å². The Hall–Kier alpha value is -2.23. The molecular weight excluding hydrogens is 436 g/mol. The number of carbonyl (C=O) groups excluding carboxylic acids is 1. The highest BCUT2D eigenvalue weighted by atomic mass is 32.3. The first kappa shape index (κ1) is 23.4. The molecule has 0 aliphatic carbocycles. The van der Waals surface area contributed by atoms with E-state index in [9.17, 15) is 23.4 Å². The summed E-state index contributed by atoms with van der Waals surface area (Å²) < 4.78 is 31.5. The Morgan fingerprint density at radius 3 is 2.10 bits per heavy atom. The Morgan fingerprint density at radius 2 is 1.48 bits per heavy atom. The minimum Gasteiger partial charge on any atom is -0.395 e. The van der Waals surface area contributed by atoms with E-state index in [1.165, 1.54) is 12.1 Å². The van der Waals surface area contributed by atoms with Gasteiger partial charge in [0.05, 0.1) is 23.9 Å². The third-order valence-electron chi connectivity index (χ3n) is 4.94. The Labute approximate surface area is 184 Å². The number of carbonyl (C=O) groups is 1. The zero-order valence-electron chi connectivity index (χ0n) is 17.2. The molecule has 0 aromatic heterocycles.